The number of nitrogens with one attached hydrogen (secondary N) is 1. The van der Waals surface area contributed by atoms with E-state index in [2.05, 4.69) is 49.2 Å². The van der Waals surface area contributed by atoms with Gasteiger partial charge in [-0.3, -0.25) is 0 Å². The number of ether oxygens (including phenoxy) is 12. The fraction of sp³-hybridized carbons (Fsp3) is 0.690. The molecule has 1 aliphatic carbocycles. The number of alkyl carbamates (subject to hydrolysis) is 1. The first kappa shape index (κ1) is 49.8. The van der Waals surface area contributed by atoms with Crippen LogP contribution in [0.15, 0.2) is 48.5 Å². The lowest BCUT2D eigenvalue weighted by Crippen LogP contribution is -2.29. The van der Waals surface area contributed by atoms with Crippen molar-refractivity contribution in [1.29, 1.82) is 0 Å². The van der Waals surface area contributed by atoms with Gasteiger partial charge in [0.05, 0.1) is 152 Å². The predicted molar refractivity (Wildman–Crippen MR) is 221 cm³/mol. The normalized spacial score (nSPS) is 12.5. The lowest BCUT2D eigenvalue weighted by molar-refractivity contribution is -0.0277. The van der Waals surface area contributed by atoms with Crippen LogP contribution in [0, 0.1) is 0 Å². The molecule has 0 saturated heterocycles. The maximum absolute atomic E-state index is 12.3. The molecule has 1 aliphatic rings. The smallest absolute Gasteiger partial charge is 0.407 e. The van der Waals surface area contributed by atoms with Crippen LogP contribution in [0.25, 0.3) is 11.1 Å². The maximum atomic E-state index is 12.3. The van der Waals surface area contributed by atoms with E-state index in [1.54, 1.807) is 0 Å². The van der Waals surface area contributed by atoms with E-state index in [4.69, 9.17) is 61.3 Å². The molecule has 0 spiro atoms. The van der Waals surface area contributed by atoms with Crippen LogP contribution in [0.5, 0.6) is 0 Å². The molecule has 15 nitrogen and oxygen atoms in total. The van der Waals surface area contributed by atoms with E-state index < -0.39 is 14.4 Å². The first-order valence-electron chi connectivity index (χ1n) is 20.5. The Kier molecular flexibility index (Phi) is 28.5. The first-order chi connectivity index (χ1) is 28.5. The molecule has 1 N–H and O–H groups in total. The highest BCUT2D eigenvalue weighted by molar-refractivity contribution is 6.69. The number of hydrogen-bond acceptors (Lipinski definition) is 14. The topological polar surface area (TPSA) is 149 Å². The van der Waals surface area contributed by atoms with E-state index in [-0.39, 0.29) is 12.5 Å². The zero-order valence-corrected chi connectivity index (χ0v) is 36.1. The summed E-state index contributed by atoms with van der Waals surface area (Å²) < 4.78 is 71.8. The highest BCUT2D eigenvalue weighted by atomic mass is 28.4. The minimum Gasteiger partial charge on any atom is -0.449 e. The van der Waals surface area contributed by atoms with Gasteiger partial charge in [-0.25, -0.2) is 4.79 Å². The monoisotopic (exact) mass is 839 g/mol. The molecule has 58 heavy (non-hydrogen) atoms. The molecule has 0 aromatic heterocycles. The van der Waals surface area contributed by atoms with Crippen LogP contribution in [0.4, 0.5) is 4.79 Å². The van der Waals surface area contributed by atoms with Gasteiger partial charge in [-0.2, -0.15) is 0 Å². The van der Waals surface area contributed by atoms with Crippen LogP contribution in [-0.2, 0) is 61.3 Å². The summed E-state index contributed by atoms with van der Waals surface area (Å²) in [6.45, 7) is 18.6. The molecule has 0 aliphatic heterocycles. The number of hydrogen-bond donors (Lipinski definition) is 1. The summed E-state index contributed by atoms with van der Waals surface area (Å²) in [4.78, 5) is 12.3. The third kappa shape index (κ3) is 24.5. The second kappa shape index (κ2) is 33.2. The molecule has 2 aromatic rings. The third-order valence-corrected chi connectivity index (χ3v) is 9.41. The zero-order valence-electron chi connectivity index (χ0n) is 35.1. The van der Waals surface area contributed by atoms with Crippen LogP contribution >= 0.6 is 0 Å². The van der Waals surface area contributed by atoms with Crippen LogP contribution < -0.4 is 5.32 Å². The van der Waals surface area contributed by atoms with Crippen molar-refractivity contribution in [3.63, 3.8) is 0 Å². The zero-order chi connectivity index (χ0) is 41.2. The Labute approximate surface area is 346 Å². The molecule has 3 rings (SSSR count). The lowest BCUT2D eigenvalue weighted by Gasteiger charge is -2.16. The van der Waals surface area contributed by atoms with E-state index in [1.165, 1.54) is 22.3 Å². The molecule has 0 bridgehead atoms. The lowest BCUT2D eigenvalue weighted by atomic mass is 9.98. The molecule has 0 radical (unpaired) electrons. The van der Waals surface area contributed by atoms with Crippen molar-refractivity contribution in [2.45, 2.75) is 25.6 Å². The molecular weight excluding hydrogens is 771 g/mol. The van der Waals surface area contributed by atoms with E-state index in [0.717, 1.165) is 0 Å². The standard InChI is InChI=1S/C42H69NO14Si/c1-58(2,3)57-35-34-55-33-32-54-31-30-53-29-28-52-27-26-51-25-24-50-23-22-49-21-20-48-19-18-47-17-16-46-15-14-45-13-12-43-42(44)56-36-41-39-10-6-4-8-37(39)38-9-5-7-11-40(38)41/h4-11,41H,12-36H2,1-3H3,(H,43,44). The van der Waals surface area contributed by atoms with Gasteiger partial charge in [0.25, 0.3) is 0 Å². The van der Waals surface area contributed by atoms with Gasteiger partial charge in [-0.05, 0) is 41.9 Å². The fourth-order valence-corrected chi connectivity index (χ4v) is 6.28. The van der Waals surface area contributed by atoms with Crippen molar-refractivity contribution in [3.05, 3.63) is 59.7 Å². The van der Waals surface area contributed by atoms with Crippen molar-refractivity contribution in [2.24, 2.45) is 0 Å². The number of amides is 1. The first-order valence-corrected chi connectivity index (χ1v) is 23.9. The van der Waals surface area contributed by atoms with Gasteiger partial charge in [-0.15, -0.1) is 0 Å². The average Bonchev–Trinajstić information content (AvgIpc) is 3.54. The molecule has 0 unspecified atom stereocenters. The van der Waals surface area contributed by atoms with Crippen molar-refractivity contribution in [1.82, 2.24) is 5.32 Å². The number of carbonyl (C=O) groups excluding carboxylic acids is 1. The highest BCUT2D eigenvalue weighted by Gasteiger charge is 2.29. The van der Waals surface area contributed by atoms with Crippen LogP contribution in [0.3, 0.4) is 0 Å². The summed E-state index contributed by atoms with van der Waals surface area (Å²) in [6, 6.07) is 16.5. The number of carbonyl (C=O) groups is 1. The van der Waals surface area contributed by atoms with E-state index in [1.807, 2.05) is 24.3 Å². The van der Waals surface area contributed by atoms with Crippen molar-refractivity contribution < 1.29 is 66.1 Å². The molecule has 330 valence electrons. The van der Waals surface area contributed by atoms with Crippen LogP contribution in [0.1, 0.15) is 17.0 Å². The van der Waals surface area contributed by atoms with Crippen molar-refractivity contribution in [3.8, 4) is 11.1 Å². The predicted octanol–water partition coefficient (Wildman–Crippen LogP) is 4.56. The third-order valence-electron chi connectivity index (χ3n) is 8.34. The Bertz CT molecular complexity index is 1260. The number of rotatable bonds is 39. The fourth-order valence-electron chi connectivity index (χ4n) is 5.58. The molecule has 2 aromatic carbocycles. The second-order valence-electron chi connectivity index (χ2n) is 13.9. The SMILES string of the molecule is C[Si](C)(C)OCCOCCOCCOCCOCCOCCOCCOCCOCCOCCOCCOCCNC(=O)OCC1c2ccccc2-c2ccccc21. The Morgan fingerprint density at radius 1 is 0.448 bits per heavy atom. The summed E-state index contributed by atoms with van der Waals surface area (Å²) in [5.74, 6) is 0.0358. The Balaban J connectivity index is 0.931. The largest absolute Gasteiger partial charge is 0.449 e. The molecular formula is C42H69NO14Si. The Morgan fingerprint density at radius 3 is 1.07 bits per heavy atom. The summed E-state index contributed by atoms with van der Waals surface area (Å²) in [6.07, 6.45) is -0.453. The van der Waals surface area contributed by atoms with Gasteiger partial charge in [-0.1, -0.05) is 48.5 Å². The molecule has 0 heterocycles. The summed E-state index contributed by atoms with van der Waals surface area (Å²) >= 11 is 0. The van der Waals surface area contributed by atoms with Gasteiger partial charge in [0.15, 0.2) is 8.32 Å². The van der Waals surface area contributed by atoms with E-state index in [9.17, 15) is 4.79 Å². The minimum absolute atomic E-state index is 0.0358. The Morgan fingerprint density at radius 2 is 0.741 bits per heavy atom. The van der Waals surface area contributed by atoms with Crippen molar-refractivity contribution >= 4 is 14.4 Å². The summed E-state index contributed by atoms with van der Waals surface area (Å²) in [7, 11) is -1.46. The van der Waals surface area contributed by atoms with Gasteiger partial charge in [0.2, 0.25) is 0 Å². The van der Waals surface area contributed by atoms with Crippen LogP contribution in [-0.4, -0.2) is 180 Å². The van der Waals surface area contributed by atoms with Gasteiger partial charge < -0.3 is 66.6 Å². The highest BCUT2D eigenvalue weighted by Crippen LogP contribution is 2.44. The number of fused-ring (bicyclic) bond motifs is 3. The quantitative estimate of drug-likeness (QED) is 0.0741. The minimum atomic E-state index is -1.46. The van der Waals surface area contributed by atoms with Gasteiger partial charge >= 0.3 is 6.09 Å². The Hall–Kier alpha value is -2.55. The molecule has 1 amide bonds. The number of benzene rings is 2. The summed E-state index contributed by atoms with van der Waals surface area (Å²) in [5, 5.41) is 2.75. The second-order valence-corrected chi connectivity index (χ2v) is 18.5. The van der Waals surface area contributed by atoms with E-state index in [0.29, 0.717) is 159 Å². The summed E-state index contributed by atoms with van der Waals surface area (Å²) in [5.41, 5.74) is 4.77. The van der Waals surface area contributed by atoms with E-state index >= 15 is 0 Å². The van der Waals surface area contributed by atoms with Crippen molar-refractivity contribution in [2.75, 3.05) is 165 Å². The van der Waals surface area contributed by atoms with Gasteiger partial charge in [0.1, 0.15) is 6.61 Å². The molecule has 0 fully saturated rings. The van der Waals surface area contributed by atoms with Gasteiger partial charge in [0, 0.05) is 12.5 Å². The molecule has 16 heteroatoms. The molecule has 0 saturated carbocycles. The molecule has 0 atom stereocenters. The average molecular weight is 840 g/mol. The maximum Gasteiger partial charge on any atom is 0.407 e. The van der Waals surface area contributed by atoms with Crippen LogP contribution in [0.2, 0.25) is 19.6 Å².